The first-order chi connectivity index (χ1) is 7.77. The summed E-state index contributed by atoms with van der Waals surface area (Å²) in [4.78, 5) is 0. The van der Waals surface area contributed by atoms with Crippen molar-refractivity contribution in [1.82, 2.24) is 0 Å². The summed E-state index contributed by atoms with van der Waals surface area (Å²) in [5, 5.41) is 9.64. The zero-order valence-electron chi connectivity index (χ0n) is 9.45. The molecule has 96 valence electrons. The van der Waals surface area contributed by atoms with Crippen LogP contribution in [0.4, 0.5) is 13.2 Å². The summed E-state index contributed by atoms with van der Waals surface area (Å²) >= 11 is 0. The van der Waals surface area contributed by atoms with Crippen LogP contribution in [0, 0.1) is 0 Å². The highest BCUT2D eigenvalue weighted by Gasteiger charge is 2.36. The molecule has 6 heteroatoms. The highest BCUT2D eigenvalue weighted by atomic mass is 19.4. The molecule has 0 aliphatic carbocycles. The molecule has 1 rings (SSSR count). The van der Waals surface area contributed by atoms with Crippen molar-refractivity contribution in [3.05, 3.63) is 29.3 Å². The van der Waals surface area contributed by atoms with Crippen molar-refractivity contribution in [2.75, 3.05) is 7.11 Å². The molecule has 0 spiro atoms. The second-order valence-electron chi connectivity index (χ2n) is 3.75. The fourth-order valence-electron chi connectivity index (χ4n) is 1.45. The fourth-order valence-corrected chi connectivity index (χ4v) is 1.45. The van der Waals surface area contributed by atoms with Crippen LogP contribution in [-0.2, 0) is 6.18 Å². The number of aliphatic hydroxyl groups excluding tert-OH is 1. The molecule has 0 aromatic heterocycles. The Labute approximate surface area is 97.0 Å². The average Bonchev–Trinajstić information content (AvgIpc) is 2.26. The number of hydrogen-bond donors (Lipinski definition) is 2. The number of hydrogen-bond acceptors (Lipinski definition) is 3. The van der Waals surface area contributed by atoms with Gasteiger partial charge in [0.2, 0.25) is 0 Å². The van der Waals surface area contributed by atoms with Crippen LogP contribution in [0.3, 0.4) is 0 Å². The Bertz CT molecular complexity index is 391. The van der Waals surface area contributed by atoms with E-state index in [9.17, 15) is 18.3 Å². The first kappa shape index (κ1) is 13.8. The molecule has 0 aliphatic rings. The molecule has 0 fully saturated rings. The Hall–Kier alpha value is -1.27. The number of benzene rings is 1. The highest BCUT2D eigenvalue weighted by Crippen LogP contribution is 2.37. The van der Waals surface area contributed by atoms with Gasteiger partial charge in [0, 0.05) is 6.04 Å². The maximum atomic E-state index is 12.8. The van der Waals surface area contributed by atoms with Crippen LogP contribution in [-0.4, -0.2) is 18.3 Å². The number of rotatable bonds is 3. The number of ether oxygens (including phenoxy) is 1. The third kappa shape index (κ3) is 3.10. The third-order valence-electron chi connectivity index (χ3n) is 2.38. The molecule has 0 heterocycles. The zero-order valence-corrected chi connectivity index (χ0v) is 9.45. The zero-order chi connectivity index (χ0) is 13.2. The predicted octanol–water partition coefficient (Wildman–Crippen LogP) is 2.09. The minimum Gasteiger partial charge on any atom is -0.497 e. The lowest BCUT2D eigenvalue weighted by molar-refractivity contribution is -0.139. The summed E-state index contributed by atoms with van der Waals surface area (Å²) in [6.07, 6.45) is -5.92. The lowest BCUT2D eigenvalue weighted by Crippen LogP contribution is -2.26. The van der Waals surface area contributed by atoms with Gasteiger partial charge in [-0.1, -0.05) is 6.07 Å². The van der Waals surface area contributed by atoms with E-state index in [1.807, 2.05) is 0 Å². The van der Waals surface area contributed by atoms with Crippen molar-refractivity contribution >= 4 is 0 Å². The van der Waals surface area contributed by atoms with E-state index in [-0.39, 0.29) is 11.3 Å². The van der Waals surface area contributed by atoms with E-state index in [1.165, 1.54) is 26.2 Å². The van der Waals surface area contributed by atoms with Gasteiger partial charge in [-0.05, 0) is 24.6 Å². The molecule has 3 nitrogen and oxygen atoms in total. The number of methoxy groups -OCH3 is 1. The minimum atomic E-state index is -4.56. The van der Waals surface area contributed by atoms with Crippen LogP contribution in [0.25, 0.3) is 0 Å². The second-order valence-corrected chi connectivity index (χ2v) is 3.75. The third-order valence-corrected chi connectivity index (χ3v) is 2.38. The van der Waals surface area contributed by atoms with Crippen molar-refractivity contribution in [3.8, 4) is 5.75 Å². The molecule has 0 aliphatic heterocycles. The van der Waals surface area contributed by atoms with E-state index < -0.39 is 23.9 Å². The van der Waals surface area contributed by atoms with Crippen molar-refractivity contribution in [1.29, 1.82) is 0 Å². The minimum absolute atomic E-state index is 0.0814. The Balaban J connectivity index is 3.30. The molecule has 2 unspecified atom stereocenters. The SMILES string of the molecule is COc1ccc(C(O)C(C)N)c(C(F)(F)F)c1. The fraction of sp³-hybridized carbons (Fsp3) is 0.455. The van der Waals surface area contributed by atoms with E-state index in [1.54, 1.807) is 0 Å². The Morgan fingerprint density at radius 1 is 1.35 bits per heavy atom. The molecule has 0 saturated carbocycles. The molecule has 2 atom stereocenters. The standard InChI is InChI=1S/C11H14F3NO2/c1-6(15)10(16)8-4-3-7(17-2)5-9(8)11(12,13)14/h3-6,10,16H,15H2,1-2H3. The monoisotopic (exact) mass is 249 g/mol. The molecule has 0 saturated heterocycles. The lowest BCUT2D eigenvalue weighted by Gasteiger charge is -2.20. The van der Waals surface area contributed by atoms with Crippen LogP contribution in [0.2, 0.25) is 0 Å². The van der Waals surface area contributed by atoms with Crippen molar-refractivity contribution < 1.29 is 23.0 Å². The van der Waals surface area contributed by atoms with Gasteiger partial charge in [-0.25, -0.2) is 0 Å². The maximum absolute atomic E-state index is 12.8. The molecule has 1 aromatic rings. The quantitative estimate of drug-likeness (QED) is 0.862. The predicted molar refractivity (Wildman–Crippen MR) is 56.6 cm³/mol. The largest absolute Gasteiger partial charge is 0.497 e. The summed E-state index contributed by atoms with van der Waals surface area (Å²) in [7, 11) is 1.27. The van der Waals surface area contributed by atoms with E-state index >= 15 is 0 Å². The Morgan fingerprint density at radius 3 is 2.35 bits per heavy atom. The van der Waals surface area contributed by atoms with Gasteiger partial charge >= 0.3 is 6.18 Å². The summed E-state index contributed by atoms with van der Waals surface area (Å²) in [5.74, 6) is 0.0814. The molecule has 1 aromatic carbocycles. The number of aliphatic hydroxyl groups is 1. The first-order valence-electron chi connectivity index (χ1n) is 4.96. The Morgan fingerprint density at radius 2 is 1.94 bits per heavy atom. The van der Waals surface area contributed by atoms with Gasteiger partial charge in [-0.2, -0.15) is 13.2 Å². The number of nitrogens with two attached hydrogens (primary N) is 1. The topological polar surface area (TPSA) is 55.5 Å². The normalized spacial score (nSPS) is 15.5. The second kappa shape index (κ2) is 4.93. The van der Waals surface area contributed by atoms with Gasteiger partial charge in [0.05, 0.1) is 18.8 Å². The van der Waals surface area contributed by atoms with Gasteiger partial charge in [0.1, 0.15) is 5.75 Å². The number of alkyl halides is 3. The van der Waals surface area contributed by atoms with Crippen LogP contribution >= 0.6 is 0 Å². The van der Waals surface area contributed by atoms with Crippen molar-refractivity contribution in [2.45, 2.75) is 25.2 Å². The van der Waals surface area contributed by atoms with Crippen LogP contribution in [0.1, 0.15) is 24.2 Å². The van der Waals surface area contributed by atoms with E-state index in [2.05, 4.69) is 0 Å². The van der Waals surface area contributed by atoms with Crippen LogP contribution < -0.4 is 10.5 Å². The maximum Gasteiger partial charge on any atom is 0.416 e. The molecule has 0 amide bonds. The lowest BCUT2D eigenvalue weighted by atomic mass is 9.97. The van der Waals surface area contributed by atoms with Crippen LogP contribution in [0.15, 0.2) is 18.2 Å². The average molecular weight is 249 g/mol. The number of halogens is 3. The highest BCUT2D eigenvalue weighted by molar-refractivity contribution is 5.39. The van der Waals surface area contributed by atoms with Gasteiger partial charge in [0.25, 0.3) is 0 Å². The van der Waals surface area contributed by atoms with Gasteiger partial charge < -0.3 is 15.6 Å². The molecule has 0 radical (unpaired) electrons. The van der Waals surface area contributed by atoms with Crippen molar-refractivity contribution in [2.24, 2.45) is 5.73 Å². The van der Waals surface area contributed by atoms with Crippen molar-refractivity contribution in [3.63, 3.8) is 0 Å². The van der Waals surface area contributed by atoms with E-state index in [4.69, 9.17) is 10.5 Å². The summed E-state index contributed by atoms with van der Waals surface area (Å²) < 4.78 is 43.1. The smallest absolute Gasteiger partial charge is 0.416 e. The summed E-state index contributed by atoms with van der Waals surface area (Å²) in [5.41, 5.74) is 4.23. The molecule has 0 bridgehead atoms. The first-order valence-corrected chi connectivity index (χ1v) is 4.96. The van der Waals surface area contributed by atoms with Crippen LogP contribution in [0.5, 0.6) is 5.75 Å². The molecule has 17 heavy (non-hydrogen) atoms. The molecular weight excluding hydrogens is 235 g/mol. The van der Waals surface area contributed by atoms with E-state index in [0.29, 0.717) is 0 Å². The van der Waals surface area contributed by atoms with Gasteiger partial charge in [-0.15, -0.1) is 0 Å². The Kier molecular flexibility index (Phi) is 4.00. The summed E-state index contributed by atoms with van der Waals surface area (Å²) in [6, 6.07) is 2.59. The summed E-state index contributed by atoms with van der Waals surface area (Å²) in [6.45, 7) is 1.44. The van der Waals surface area contributed by atoms with Gasteiger partial charge in [0.15, 0.2) is 0 Å². The van der Waals surface area contributed by atoms with E-state index in [0.717, 1.165) is 6.07 Å². The van der Waals surface area contributed by atoms with Gasteiger partial charge in [-0.3, -0.25) is 0 Å². The molecular formula is C11H14F3NO2. The molecule has 3 N–H and O–H groups in total.